The fourth-order valence-electron chi connectivity index (χ4n) is 4.62. The number of aliphatic hydroxyl groups is 1. The quantitative estimate of drug-likeness (QED) is 0.308. The molecule has 1 amide bonds. The lowest BCUT2D eigenvalue weighted by atomic mass is 10.0. The predicted octanol–water partition coefficient (Wildman–Crippen LogP) is 3.40. The third-order valence-corrected chi connectivity index (χ3v) is 6.30. The lowest BCUT2D eigenvalue weighted by Gasteiger charge is -2.35. The molecular weight excluding hydrogens is 512 g/mol. The zero-order valence-electron chi connectivity index (χ0n) is 19.7. The lowest BCUT2D eigenvalue weighted by molar-refractivity contribution is -0.185. The van der Waals surface area contributed by atoms with Crippen molar-refractivity contribution < 1.29 is 37.3 Å². The maximum Gasteiger partial charge on any atom is 0.413 e. The number of amides is 1. The number of ether oxygens (including phenoxy) is 1. The average Bonchev–Trinajstić information content (AvgIpc) is 3.54. The van der Waals surface area contributed by atoms with Crippen LogP contribution in [0.4, 0.5) is 22.4 Å². The molecule has 3 N–H and O–H groups in total. The highest BCUT2D eigenvalue weighted by Gasteiger charge is 2.49. The number of alkyl halides is 3. The van der Waals surface area contributed by atoms with E-state index in [4.69, 9.17) is 9.84 Å². The van der Waals surface area contributed by atoms with Crippen molar-refractivity contribution in [2.24, 2.45) is 0 Å². The van der Waals surface area contributed by atoms with Crippen molar-refractivity contribution in [1.29, 1.82) is 0 Å². The van der Waals surface area contributed by atoms with Crippen LogP contribution in [0.15, 0.2) is 42.6 Å². The van der Waals surface area contributed by atoms with E-state index in [1.165, 1.54) is 34.7 Å². The molecule has 0 spiro atoms. The van der Waals surface area contributed by atoms with Crippen LogP contribution >= 0.6 is 0 Å². The molecule has 5 rings (SSSR count). The summed E-state index contributed by atoms with van der Waals surface area (Å²) >= 11 is 0. The summed E-state index contributed by atoms with van der Waals surface area (Å²) in [5, 5.41) is 30.1. The molecular formula is C24H22F4N6O4. The fraction of sp³-hybridized carbons (Fsp3) is 0.333. The molecule has 1 aliphatic rings. The maximum atomic E-state index is 14.3. The molecule has 1 aliphatic heterocycles. The smallest absolute Gasteiger partial charge is 0.413 e. The van der Waals surface area contributed by atoms with Gasteiger partial charge in [-0.2, -0.15) is 13.2 Å². The van der Waals surface area contributed by atoms with Gasteiger partial charge in [-0.1, -0.05) is 12.1 Å². The molecule has 0 unspecified atom stereocenters. The Hall–Kier alpha value is -4.04. The largest absolute Gasteiger partial charge is 0.488 e. The van der Waals surface area contributed by atoms with Crippen molar-refractivity contribution >= 4 is 22.6 Å². The minimum Gasteiger partial charge on any atom is -0.488 e. The van der Waals surface area contributed by atoms with E-state index in [2.05, 4.69) is 20.5 Å². The van der Waals surface area contributed by atoms with Crippen LogP contribution in [0.2, 0.25) is 0 Å². The van der Waals surface area contributed by atoms with Crippen molar-refractivity contribution in [3.05, 3.63) is 54.0 Å². The van der Waals surface area contributed by atoms with Crippen LogP contribution in [0, 0.1) is 5.82 Å². The summed E-state index contributed by atoms with van der Waals surface area (Å²) in [7, 11) is 0. The van der Waals surface area contributed by atoms with Crippen LogP contribution in [0.1, 0.15) is 18.0 Å². The third kappa shape index (κ3) is 4.79. The number of pyridine rings is 2. The van der Waals surface area contributed by atoms with Gasteiger partial charge in [-0.15, -0.1) is 10.2 Å². The Morgan fingerprint density at radius 3 is 2.74 bits per heavy atom. The van der Waals surface area contributed by atoms with Gasteiger partial charge in [0.1, 0.15) is 12.3 Å². The first-order valence-electron chi connectivity index (χ1n) is 11.6. The van der Waals surface area contributed by atoms with Crippen molar-refractivity contribution in [2.75, 3.05) is 26.3 Å². The number of nitrogens with one attached hydrogen (secondary N) is 1. The maximum absolute atomic E-state index is 14.3. The van der Waals surface area contributed by atoms with Gasteiger partial charge in [-0.05, 0) is 31.2 Å². The van der Waals surface area contributed by atoms with Gasteiger partial charge in [0.25, 0.3) is 0 Å². The summed E-state index contributed by atoms with van der Waals surface area (Å²) in [6.07, 6.45) is -5.15. The van der Waals surface area contributed by atoms with Gasteiger partial charge in [0.15, 0.2) is 29.1 Å². The van der Waals surface area contributed by atoms with E-state index in [9.17, 15) is 27.5 Å². The second-order valence-electron chi connectivity index (χ2n) is 8.74. The number of halogens is 4. The Morgan fingerprint density at radius 1 is 1.24 bits per heavy atom. The molecule has 10 nitrogen and oxygen atoms in total. The van der Waals surface area contributed by atoms with E-state index >= 15 is 0 Å². The van der Waals surface area contributed by atoms with Crippen molar-refractivity contribution in [3.63, 3.8) is 0 Å². The van der Waals surface area contributed by atoms with Gasteiger partial charge in [0, 0.05) is 35.8 Å². The van der Waals surface area contributed by atoms with Crippen LogP contribution < -0.4 is 10.1 Å². The minimum atomic E-state index is -4.89. The van der Waals surface area contributed by atoms with Crippen molar-refractivity contribution in [3.8, 4) is 17.3 Å². The molecule has 14 heteroatoms. The Kier molecular flexibility index (Phi) is 6.75. The zero-order valence-corrected chi connectivity index (χ0v) is 19.7. The molecule has 0 saturated carbocycles. The summed E-state index contributed by atoms with van der Waals surface area (Å²) in [6, 6.07) is 4.90. The summed E-state index contributed by atoms with van der Waals surface area (Å²) in [4.78, 5) is 16.9. The summed E-state index contributed by atoms with van der Waals surface area (Å²) in [5.41, 5.74) is 0.481. The number of aliphatic hydroxyl groups excluding tert-OH is 1. The van der Waals surface area contributed by atoms with Crippen LogP contribution in [-0.2, 0) is 0 Å². The van der Waals surface area contributed by atoms with E-state index in [1.807, 2.05) is 0 Å². The summed E-state index contributed by atoms with van der Waals surface area (Å²) in [6.45, 7) is 0.0986. The van der Waals surface area contributed by atoms with Gasteiger partial charge < -0.3 is 20.3 Å². The number of aromatic nitrogens is 4. The first-order valence-corrected chi connectivity index (χ1v) is 11.6. The van der Waals surface area contributed by atoms with Crippen molar-refractivity contribution in [2.45, 2.75) is 24.7 Å². The van der Waals surface area contributed by atoms with Crippen LogP contribution in [0.5, 0.6) is 5.75 Å². The summed E-state index contributed by atoms with van der Waals surface area (Å²) in [5.74, 6) is -0.652. The molecule has 200 valence electrons. The molecule has 38 heavy (non-hydrogen) atoms. The van der Waals surface area contributed by atoms with E-state index in [-0.39, 0.29) is 54.7 Å². The second-order valence-corrected chi connectivity index (χ2v) is 8.74. The zero-order chi connectivity index (χ0) is 27.0. The molecule has 1 fully saturated rings. The molecule has 1 aromatic carbocycles. The highest BCUT2D eigenvalue weighted by molar-refractivity contribution is 5.82. The van der Waals surface area contributed by atoms with Crippen LogP contribution in [-0.4, -0.2) is 79.3 Å². The van der Waals surface area contributed by atoms with Gasteiger partial charge in [0.2, 0.25) is 0 Å². The van der Waals surface area contributed by atoms with Crippen LogP contribution in [0.25, 0.3) is 28.1 Å². The number of hydrogen-bond donors (Lipinski definition) is 3. The number of rotatable bonds is 7. The Labute approximate surface area is 212 Å². The monoisotopic (exact) mass is 534 g/mol. The second kappa shape index (κ2) is 10.0. The van der Waals surface area contributed by atoms with E-state index < -0.39 is 30.2 Å². The first kappa shape index (κ1) is 25.6. The molecule has 4 heterocycles. The number of fused-ring (bicyclic) bond motifs is 2. The third-order valence-electron chi connectivity index (χ3n) is 6.30. The van der Waals surface area contributed by atoms with Gasteiger partial charge in [-0.3, -0.25) is 9.30 Å². The molecule has 1 saturated heterocycles. The topological polar surface area (TPSA) is 125 Å². The number of benzene rings is 1. The Bertz CT molecular complexity index is 1490. The molecule has 0 bridgehead atoms. The number of carboxylic acid groups (broad SMARTS) is 1. The van der Waals surface area contributed by atoms with E-state index in [1.54, 1.807) is 6.07 Å². The molecule has 0 radical (unpaired) electrons. The van der Waals surface area contributed by atoms with Gasteiger partial charge in [-0.25, -0.2) is 14.2 Å². The fourth-order valence-corrected chi connectivity index (χ4v) is 4.62. The van der Waals surface area contributed by atoms with Crippen molar-refractivity contribution in [1.82, 2.24) is 29.8 Å². The first-order chi connectivity index (χ1) is 18.2. The van der Waals surface area contributed by atoms with E-state index in [0.29, 0.717) is 22.3 Å². The predicted molar refractivity (Wildman–Crippen MR) is 126 cm³/mol. The Balaban J connectivity index is 1.59. The summed E-state index contributed by atoms with van der Waals surface area (Å²) < 4.78 is 63.7. The number of carbonyl (C=O) groups is 1. The normalized spacial score (nSPS) is 16.7. The molecule has 4 aromatic rings. The highest BCUT2D eigenvalue weighted by Crippen LogP contribution is 2.40. The minimum absolute atomic E-state index is 0.108. The van der Waals surface area contributed by atoms with Gasteiger partial charge >= 0.3 is 12.3 Å². The molecule has 2 atom stereocenters. The lowest BCUT2D eigenvalue weighted by Crippen LogP contribution is -2.48. The Morgan fingerprint density at radius 2 is 2.05 bits per heavy atom. The van der Waals surface area contributed by atoms with Gasteiger partial charge in [0.05, 0.1) is 12.1 Å². The SMILES string of the molecule is O=C(O)N([C@H]1CCNC1)[C@H](c1ccc2nnc(-c3ccc4cc(F)c(OCCO)cc4n3)n2c1)C(F)(F)F. The highest BCUT2D eigenvalue weighted by atomic mass is 19.4. The number of hydrogen-bond acceptors (Lipinski definition) is 7. The molecule has 0 aliphatic carbocycles. The standard InChI is InChI=1S/C24H22F4N6O4/c25-16-9-13-1-3-17(30-18(13)10-19(16)38-8-7-35)22-32-31-20-4-2-14(12-33(20)22)21(24(26,27)28)34(23(36)37)15-5-6-29-11-15/h1-4,9-10,12,15,21,29,35H,5-8,11H2,(H,36,37)/t15-,21+/m0/s1. The average molecular weight is 534 g/mol. The van der Waals surface area contributed by atoms with E-state index in [0.717, 1.165) is 6.20 Å². The van der Waals surface area contributed by atoms with Crippen LogP contribution in [0.3, 0.4) is 0 Å². The molecule has 3 aromatic heterocycles. The number of nitrogens with zero attached hydrogens (tertiary/aromatic N) is 5.